The number of aromatic amines is 1. The van der Waals surface area contributed by atoms with Gasteiger partial charge >= 0.3 is 0 Å². The first-order valence-electron chi connectivity index (χ1n) is 11.7. The van der Waals surface area contributed by atoms with Gasteiger partial charge in [-0.25, -0.2) is 4.68 Å². The number of aromatic nitrogens is 5. The second-order valence-electron chi connectivity index (χ2n) is 8.52. The van der Waals surface area contributed by atoms with Gasteiger partial charge in [-0.1, -0.05) is 18.2 Å². The number of methoxy groups -OCH3 is 2. The van der Waals surface area contributed by atoms with Gasteiger partial charge in [0.2, 0.25) is 0 Å². The zero-order valence-electron chi connectivity index (χ0n) is 19.9. The fraction of sp³-hybridized carbons (Fsp3) is 0.360. The molecule has 182 valence electrons. The molecule has 0 amide bonds. The molecule has 0 unspecified atom stereocenters. The van der Waals surface area contributed by atoms with E-state index in [2.05, 4.69) is 54.6 Å². The van der Waals surface area contributed by atoms with Crippen molar-refractivity contribution in [3.63, 3.8) is 0 Å². The van der Waals surface area contributed by atoms with Crippen LogP contribution in [0, 0.1) is 0 Å². The number of tetrazole rings is 1. The summed E-state index contributed by atoms with van der Waals surface area (Å²) in [5.74, 6) is 1.33. The van der Waals surface area contributed by atoms with Crippen molar-refractivity contribution in [1.82, 2.24) is 30.1 Å². The van der Waals surface area contributed by atoms with Crippen LogP contribution in [-0.2, 0) is 11.3 Å². The summed E-state index contributed by atoms with van der Waals surface area (Å²) in [4.78, 5) is 21.1. The lowest BCUT2D eigenvalue weighted by Gasteiger charge is -2.39. The lowest BCUT2D eigenvalue weighted by molar-refractivity contribution is 0.171. The number of pyridine rings is 1. The minimum atomic E-state index is -0.393. The minimum Gasteiger partial charge on any atom is -0.497 e. The van der Waals surface area contributed by atoms with Crippen LogP contribution < -0.4 is 15.2 Å². The van der Waals surface area contributed by atoms with E-state index in [1.165, 1.54) is 5.69 Å². The summed E-state index contributed by atoms with van der Waals surface area (Å²) in [6, 6.07) is 17.6. The summed E-state index contributed by atoms with van der Waals surface area (Å²) in [6.45, 7) is 4.17. The van der Waals surface area contributed by atoms with E-state index in [0.29, 0.717) is 30.3 Å². The number of piperazine rings is 1. The number of H-pyrrole nitrogens is 1. The molecule has 0 spiro atoms. The van der Waals surface area contributed by atoms with Crippen molar-refractivity contribution in [2.24, 2.45) is 0 Å². The zero-order valence-corrected chi connectivity index (χ0v) is 19.9. The molecule has 0 aliphatic carbocycles. The molecule has 1 saturated heterocycles. The maximum Gasteiger partial charge on any atom is 0.253 e. The summed E-state index contributed by atoms with van der Waals surface area (Å²) in [5.41, 5.74) is 2.38. The van der Waals surface area contributed by atoms with Crippen molar-refractivity contribution in [1.29, 1.82) is 0 Å². The number of ether oxygens (including phenoxy) is 2. The van der Waals surface area contributed by atoms with Crippen LogP contribution in [0.2, 0.25) is 0 Å². The third-order valence-electron chi connectivity index (χ3n) is 6.49. The molecule has 2 aromatic carbocycles. The molecule has 0 radical (unpaired) electrons. The Morgan fingerprint density at radius 3 is 2.57 bits per heavy atom. The molecule has 3 heterocycles. The zero-order chi connectivity index (χ0) is 24.2. The van der Waals surface area contributed by atoms with E-state index >= 15 is 0 Å². The number of nitrogens with one attached hydrogen (secondary N) is 1. The molecule has 10 nitrogen and oxygen atoms in total. The number of para-hydroxylation sites is 1. The van der Waals surface area contributed by atoms with Crippen LogP contribution in [-0.4, -0.2) is 77.1 Å². The number of fused-ring (bicyclic) bond motifs is 1. The molecule has 5 rings (SSSR count). The Balaban J connectivity index is 1.52. The lowest BCUT2D eigenvalue weighted by atomic mass is 10.0. The van der Waals surface area contributed by atoms with E-state index < -0.39 is 6.04 Å². The number of benzene rings is 2. The summed E-state index contributed by atoms with van der Waals surface area (Å²) in [5, 5.41) is 13.4. The molecule has 1 aliphatic rings. The molecular formula is C25H29N7O3. The largest absolute Gasteiger partial charge is 0.497 e. The molecule has 2 aromatic heterocycles. The van der Waals surface area contributed by atoms with Crippen LogP contribution in [0.25, 0.3) is 10.9 Å². The number of hydrogen-bond donors (Lipinski definition) is 1. The molecule has 1 aliphatic heterocycles. The molecule has 0 bridgehead atoms. The average Bonchev–Trinajstić information content (AvgIpc) is 3.36. The second kappa shape index (κ2) is 10.2. The monoisotopic (exact) mass is 475 g/mol. The van der Waals surface area contributed by atoms with E-state index in [1.807, 2.05) is 30.3 Å². The Hall–Kier alpha value is -3.76. The molecule has 0 saturated carbocycles. The standard InChI is InChI=1S/C25H29N7O3/c1-34-15-14-32-24(27-28-29-32)23(31-12-10-30(11-13-31)19-6-4-3-5-7-19)21-16-18-8-9-20(35-2)17-22(18)26-25(21)33/h3-9,16-17,23H,10-15H2,1-2H3,(H,26,33)/t23-/m1/s1. The minimum absolute atomic E-state index is 0.164. The highest BCUT2D eigenvalue weighted by Crippen LogP contribution is 2.29. The van der Waals surface area contributed by atoms with E-state index in [9.17, 15) is 4.79 Å². The van der Waals surface area contributed by atoms with Crippen LogP contribution >= 0.6 is 0 Å². The third-order valence-corrected chi connectivity index (χ3v) is 6.49. The average molecular weight is 476 g/mol. The highest BCUT2D eigenvalue weighted by Gasteiger charge is 2.32. The number of anilines is 1. The maximum absolute atomic E-state index is 13.4. The van der Waals surface area contributed by atoms with Gasteiger partial charge in [0.15, 0.2) is 5.82 Å². The fourth-order valence-electron chi connectivity index (χ4n) is 4.65. The van der Waals surface area contributed by atoms with Crippen LogP contribution in [0.1, 0.15) is 17.4 Å². The Labute approximate surface area is 203 Å². The van der Waals surface area contributed by atoms with Gasteiger partial charge in [-0.3, -0.25) is 9.69 Å². The van der Waals surface area contributed by atoms with Crippen LogP contribution in [0.15, 0.2) is 59.4 Å². The summed E-state index contributed by atoms with van der Waals surface area (Å²) in [6.07, 6.45) is 0. The number of rotatable bonds is 8. The Morgan fingerprint density at radius 2 is 1.83 bits per heavy atom. The molecule has 10 heteroatoms. The van der Waals surface area contributed by atoms with E-state index in [1.54, 1.807) is 18.9 Å². The van der Waals surface area contributed by atoms with Crippen molar-refractivity contribution in [3.05, 3.63) is 76.3 Å². The van der Waals surface area contributed by atoms with Crippen molar-refractivity contribution >= 4 is 16.6 Å². The van der Waals surface area contributed by atoms with E-state index in [0.717, 1.165) is 37.1 Å². The van der Waals surface area contributed by atoms with Gasteiger partial charge in [0.05, 0.1) is 25.8 Å². The molecule has 1 atom stereocenters. The first kappa shape index (κ1) is 23.0. The van der Waals surface area contributed by atoms with Crippen molar-refractivity contribution < 1.29 is 9.47 Å². The van der Waals surface area contributed by atoms with Crippen molar-refractivity contribution in [2.75, 3.05) is 51.9 Å². The fourth-order valence-corrected chi connectivity index (χ4v) is 4.65. The summed E-state index contributed by atoms with van der Waals surface area (Å²) >= 11 is 0. The predicted octanol–water partition coefficient (Wildman–Crippen LogP) is 2.08. The first-order chi connectivity index (χ1) is 17.2. The maximum atomic E-state index is 13.4. The van der Waals surface area contributed by atoms with Crippen LogP contribution in [0.5, 0.6) is 5.75 Å². The molecule has 35 heavy (non-hydrogen) atoms. The van der Waals surface area contributed by atoms with Crippen molar-refractivity contribution in [2.45, 2.75) is 12.6 Å². The van der Waals surface area contributed by atoms with Gasteiger partial charge < -0.3 is 19.4 Å². The number of hydrogen-bond acceptors (Lipinski definition) is 8. The van der Waals surface area contributed by atoms with Gasteiger partial charge in [0.1, 0.15) is 11.8 Å². The lowest BCUT2D eigenvalue weighted by Crippen LogP contribution is -2.49. The number of nitrogens with zero attached hydrogens (tertiary/aromatic N) is 6. The Bertz CT molecular complexity index is 1330. The summed E-state index contributed by atoms with van der Waals surface area (Å²) < 4.78 is 12.3. The third kappa shape index (κ3) is 4.75. The van der Waals surface area contributed by atoms with Crippen LogP contribution in [0.4, 0.5) is 5.69 Å². The summed E-state index contributed by atoms with van der Waals surface area (Å²) in [7, 11) is 3.26. The quantitative estimate of drug-likeness (QED) is 0.413. The highest BCUT2D eigenvalue weighted by molar-refractivity contribution is 5.80. The SMILES string of the molecule is COCCn1nnnc1[C@@H](c1cc2ccc(OC)cc2[nH]c1=O)N1CCN(c2ccccc2)CC1. The molecule has 1 fully saturated rings. The second-order valence-corrected chi connectivity index (χ2v) is 8.52. The molecule has 4 aromatic rings. The van der Waals surface area contributed by atoms with Gasteiger partial charge in [-0.05, 0) is 46.1 Å². The Morgan fingerprint density at radius 1 is 1.03 bits per heavy atom. The van der Waals surface area contributed by atoms with Gasteiger partial charge in [0.25, 0.3) is 5.56 Å². The predicted molar refractivity (Wildman–Crippen MR) is 133 cm³/mol. The normalized spacial score (nSPS) is 15.4. The van der Waals surface area contributed by atoms with Gasteiger partial charge in [-0.15, -0.1) is 5.10 Å². The topological polar surface area (TPSA) is 101 Å². The van der Waals surface area contributed by atoms with E-state index in [-0.39, 0.29) is 5.56 Å². The first-order valence-corrected chi connectivity index (χ1v) is 11.7. The molecule has 1 N–H and O–H groups in total. The molecular weight excluding hydrogens is 446 g/mol. The highest BCUT2D eigenvalue weighted by atomic mass is 16.5. The smallest absolute Gasteiger partial charge is 0.253 e. The van der Waals surface area contributed by atoms with Gasteiger partial charge in [-0.2, -0.15) is 0 Å². The van der Waals surface area contributed by atoms with Crippen LogP contribution in [0.3, 0.4) is 0 Å². The Kier molecular flexibility index (Phi) is 6.73. The van der Waals surface area contributed by atoms with Gasteiger partial charge in [0, 0.05) is 50.6 Å². The van der Waals surface area contributed by atoms with Crippen molar-refractivity contribution in [3.8, 4) is 5.75 Å². The van der Waals surface area contributed by atoms with E-state index in [4.69, 9.17) is 9.47 Å².